The third-order valence-electron chi connectivity index (χ3n) is 4.61. The minimum absolute atomic E-state index is 0.160. The van der Waals surface area contributed by atoms with Crippen LogP contribution in [0.15, 0.2) is 72.3 Å². The Bertz CT molecular complexity index is 1250. The molecule has 7 nitrogen and oxygen atoms in total. The largest absolute Gasteiger partial charge is 0.488 e. The van der Waals surface area contributed by atoms with Crippen LogP contribution < -0.4 is 10.1 Å². The number of aryl methyl sites for hydroxylation is 1. The van der Waals surface area contributed by atoms with Crippen LogP contribution in [0.2, 0.25) is 5.02 Å². The summed E-state index contributed by atoms with van der Waals surface area (Å²) in [6, 6.07) is 20.3. The van der Waals surface area contributed by atoms with Crippen molar-refractivity contribution in [2.75, 3.05) is 5.32 Å². The number of nitro benzene ring substituents is 1. The number of rotatable bonds is 7. The van der Waals surface area contributed by atoms with Gasteiger partial charge in [0.2, 0.25) is 0 Å². The van der Waals surface area contributed by atoms with Crippen molar-refractivity contribution in [3.8, 4) is 11.8 Å². The van der Waals surface area contributed by atoms with E-state index in [1.807, 2.05) is 24.3 Å². The highest BCUT2D eigenvalue weighted by Gasteiger charge is 2.15. The first-order chi connectivity index (χ1) is 15.4. The summed E-state index contributed by atoms with van der Waals surface area (Å²) in [5.41, 5.74) is 1.88. The summed E-state index contributed by atoms with van der Waals surface area (Å²) in [6.07, 6.45) is 1.41. The summed E-state index contributed by atoms with van der Waals surface area (Å²) in [7, 11) is 0. The summed E-state index contributed by atoms with van der Waals surface area (Å²) in [5.74, 6) is -0.212. The third kappa shape index (κ3) is 5.50. The number of benzene rings is 3. The number of nitrogens with one attached hydrogen (secondary N) is 1. The molecule has 1 N–H and O–H groups in total. The van der Waals surface area contributed by atoms with E-state index in [0.29, 0.717) is 21.9 Å². The Labute approximate surface area is 189 Å². The SMILES string of the molecule is Cc1ccc([N+](=O)[O-])cc1NC(=O)/C(C#N)=C/c1ccccc1OCc1ccccc1Cl. The van der Waals surface area contributed by atoms with Crippen molar-refractivity contribution in [2.24, 2.45) is 0 Å². The number of hydrogen-bond donors (Lipinski definition) is 1. The fourth-order valence-corrected chi connectivity index (χ4v) is 3.04. The molecule has 0 unspecified atom stereocenters. The number of anilines is 1. The molecule has 1 amide bonds. The molecule has 32 heavy (non-hydrogen) atoms. The van der Waals surface area contributed by atoms with Crippen LogP contribution in [0.4, 0.5) is 11.4 Å². The average Bonchev–Trinajstić information content (AvgIpc) is 2.78. The molecule has 3 rings (SSSR count). The van der Waals surface area contributed by atoms with E-state index in [2.05, 4.69) is 5.32 Å². The van der Waals surface area contributed by atoms with Crippen LogP contribution in [0.25, 0.3) is 6.08 Å². The maximum Gasteiger partial charge on any atom is 0.271 e. The van der Waals surface area contributed by atoms with Crippen molar-refractivity contribution in [2.45, 2.75) is 13.5 Å². The van der Waals surface area contributed by atoms with Gasteiger partial charge < -0.3 is 10.1 Å². The molecule has 8 heteroatoms. The van der Waals surface area contributed by atoms with Crippen molar-refractivity contribution in [3.63, 3.8) is 0 Å². The normalized spacial score (nSPS) is 10.8. The van der Waals surface area contributed by atoms with Gasteiger partial charge >= 0.3 is 0 Å². The van der Waals surface area contributed by atoms with Crippen LogP contribution in [0.5, 0.6) is 5.75 Å². The molecule has 0 heterocycles. The second-order valence-corrected chi connectivity index (χ2v) is 7.21. The number of nitrogens with zero attached hydrogens (tertiary/aromatic N) is 2. The summed E-state index contributed by atoms with van der Waals surface area (Å²) >= 11 is 6.17. The monoisotopic (exact) mass is 447 g/mol. The van der Waals surface area contributed by atoms with Crippen LogP contribution in [0.3, 0.4) is 0 Å². The molecule has 0 aliphatic carbocycles. The van der Waals surface area contributed by atoms with E-state index in [-0.39, 0.29) is 23.6 Å². The number of nitriles is 1. The summed E-state index contributed by atoms with van der Waals surface area (Å²) in [6.45, 7) is 1.92. The maximum atomic E-state index is 12.7. The van der Waals surface area contributed by atoms with Gasteiger partial charge in [0.1, 0.15) is 24.0 Å². The van der Waals surface area contributed by atoms with Gasteiger partial charge in [-0.2, -0.15) is 5.26 Å². The van der Waals surface area contributed by atoms with Gasteiger partial charge in [0.05, 0.1) is 10.6 Å². The molecule has 0 fully saturated rings. The number of carbonyl (C=O) groups is 1. The molecule has 0 aromatic heterocycles. The van der Waals surface area contributed by atoms with Crippen molar-refractivity contribution < 1.29 is 14.5 Å². The van der Waals surface area contributed by atoms with E-state index in [0.717, 1.165) is 5.56 Å². The van der Waals surface area contributed by atoms with Crippen LogP contribution in [0, 0.1) is 28.4 Å². The molecular formula is C24H18ClN3O4. The second kappa shape index (κ2) is 10.2. The van der Waals surface area contributed by atoms with Crippen LogP contribution >= 0.6 is 11.6 Å². The Morgan fingerprint density at radius 1 is 1.19 bits per heavy atom. The first-order valence-corrected chi connectivity index (χ1v) is 9.90. The number of nitro groups is 1. The topological polar surface area (TPSA) is 105 Å². The lowest BCUT2D eigenvalue weighted by Crippen LogP contribution is -2.14. The minimum Gasteiger partial charge on any atom is -0.488 e. The Hall–Kier alpha value is -4.15. The Kier molecular flexibility index (Phi) is 7.21. The van der Waals surface area contributed by atoms with Crippen molar-refractivity contribution in [3.05, 3.63) is 104 Å². The van der Waals surface area contributed by atoms with Gasteiger partial charge in [-0.3, -0.25) is 14.9 Å². The Morgan fingerprint density at radius 2 is 1.91 bits per heavy atom. The second-order valence-electron chi connectivity index (χ2n) is 6.80. The highest BCUT2D eigenvalue weighted by molar-refractivity contribution is 6.31. The molecule has 3 aromatic carbocycles. The van der Waals surface area contributed by atoms with Gasteiger partial charge in [0, 0.05) is 28.3 Å². The number of halogens is 1. The zero-order valence-corrected chi connectivity index (χ0v) is 17.8. The van der Waals surface area contributed by atoms with Gasteiger partial charge in [-0.25, -0.2) is 0 Å². The predicted octanol–water partition coefficient (Wildman–Crippen LogP) is 5.68. The molecule has 0 bridgehead atoms. The first-order valence-electron chi connectivity index (χ1n) is 9.52. The third-order valence-corrected chi connectivity index (χ3v) is 4.97. The van der Waals surface area contributed by atoms with Crippen molar-refractivity contribution in [1.29, 1.82) is 5.26 Å². The molecule has 160 valence electrons. The Balaban J connectivity index is 1.83. The lowest BCUT2D eigenvalue weighted by molar-refractivity contribution is -0.384. The van der Waals surface area contributed by atoms with E-state index < -0.39 is 10.8 Å². The molecule has 0 spiro atoms. The van der Waals surface area contributed by atoms with E-state index in [1.165, 1.54) is 24.3 Å². The van der Waals surface area contributed by atoms with Gasteiger partial charge in [0.25, 0.3) is 11.6 Å². The molecule has 0 atom stereocenters. The highest BCUT2D eigenvalue weighted by atomic mass is 35.5. The summed E-state index contributed by atoms with van der Waals surface area (Å²) < 4.78 is 5.86. The van der Waals surface area contributed by atoms with Crippen molar-refractivity contribution >= 4 is 35.0 Å². The average molecular weight is 448 g/mol. The van der Waals surface area contributed by atoms with Gasteiger partial charge in [-0.05, 0) is 30.7 Å². The van der Waals surface area contributed by atoms with E-state index in [1.54, 1.807) is 37.3 Å². The minimum atomic E-state index is -0.683. The fourth-order valence-electron chi connectivity index (χ4n) is 2.85. The zero-order valence-electron chi connectivity index (χ0n) is 17.0. The molecular weight excluding hydrogens is 430 g/mol. The maximum absolute atomic E-state index is 12.7. The quantitative estimate of drug-likeness (QED) is 0.217. The first kappa shape index (κ1) is 22.5. The number of amides is 1. The number of carbonyl (C=O) groups excluding carboxylic acids is 1. The predicted molar refractivity (Wildman–Crippen MR) is 122 cm³/mol. The highest BCUT2D eigenvalue weighted by Crippen LogP contribution is 2.25. The van der Waals surface area contributed by atoms with Gasteiger partial charge in [-0.15, -0.1) is 0 Å². The molecule has 0 aliphatic heterocycles. The smallest absolute Gasteiger partial charge is 0.271 e. The number of hydrogen-bond acceptors (Lipinski definition) is 5. The lowest BCUT2D eigenvalue weighted by atomic mass is 10.1. The van der Waals surface area contributed by atoms with Crippen LogP contribution in [-0.2, 0) is 11.4 Å². The summed E-state index contributed by atoms with van der Waals surface area (Å²) in [4.78, 5) is 23.1. The van der Waals surface area contributed by atoms with E-state index in [4.69, 9.17) is 16.3 Å². The van der Waals surface area contributed by atoms with Crippen molar-refractivity contribution in [1.82, 2.24) is 0 Å². The standard InChI is InChI=1S/C24H18ClN3O4/c1-16-10-11-20(28(30)31)13-22(16)27-24(29)19(14-26)12-17-6-3-5-9-23(17)32-15-18-7-2-4-8-21(18)25/h2-13H,15H2,1H3,(H,27,29)/b19-12+. The molecule has 0 aliphatic rings. The number of para-hydroxylation sites is 1. The number of ether oxygens (including phenoxy) is 1. The molecule has 0 radical (unpaired) electrons. The van der Waals surface area contributed by atoms with Gasteiger partial charge in [0.15, 0.2) is 0 Å². The van der Waals surface area contributed by atoms with Gasteiger partial charge in [-0.1, -0.05) is 54.1 Å². The molecule has 0 saturated heterocycles. The summed E-state index contributed by atoms with van der Waals surface area (Å²) in [5, 5.41) is 23.7. The Morgan fingerprint density at radius 3 is 2.62 bits per heavy atom. The van der Waals surface area contributed by atoms with E-state index >= 15 is 0 Å². The van der Waals surface area contributed by atoms with Crippen LogP contribution in [-0.4, -0.2) is 10.8 Å². The van der Waals surface area contributed by atoms with E-state index in [9.17, 15) is 20.2 Å². The van der Waals surface area contributed by atoms with Crippen LogP contribution in [0.1, 0.15) is 16.7 Å². The number of non-ortho nitro benzene ring substituents is 1. The molecule has 3 aromatic rings. The zero-order chi connectivity index (χ0) is 23.1. The lowest BCUT2D eigenvalue weighted by Gasteiger charge is -2.11. The fraction of sp³-hybridized carbons (Fsp3) is 0.0833. The molecule has 0 saturated carbocycles.